The predicted molar refractivity (Wildman–Crippen MR) is 80.5 cm³/mol. The minimum Gasteiger partial charge on any atom is -0.492 e. The summed E-state index contributed by atoms with van der Waals surface area (Å²) in [5, 5.41) is 0.493. The Bertz CT molecular complexity index is 370. The largest absolute Gasteiger partial charge is 0.492 e. The van der Waals surface area contributed by atoms with E-state index >= 15 is 0 Å². The second kappa shape index (κ2) is 7.26. The zero-order valence-electron chi connectivity index (χ0n) is 10.7. The highest BCUT2D eigenvalue weighted by molar-refractivity contribution is 8.06. The molecule has 2 atom stereocenters. The van der Waals surface area contributed by atoms with Gasteiger partial charge in [0.1, 0.15) is 5.75 Å². The zero-order valence-corrected chi connectivity index (χ0v) is 12.3. The lowest BCUT2D eigenvalue weighted by molar-refractivity contribution is 0.315. The molecule has 2 heterocycles. The quantitative estimate of drug-likeness (QED) is 0.901. The van der Waals surface area contributed by atoms with Crippen LogP contribution in [-0.4, -0.2) is 34.1 Å². The number of aromatic nitrogens is 1. The van der Waals surface area contributed by atoms with Crippen molar-refractivity contribution in [3.63, 3.8) is 0 Å². The Labute approximate surface area is 117 Å². The van der Waals surface area contributed by atoms with Crippen molar-refractivity contribution in [3.05, 3.63) is 24.0 Å². The van der Waals surface area contributed by atoms with E-state index in [0.717, 1.165) is 30.1 Å². The highest BCUT2D eigenvalue weighted by atomic mass is 32.2. The molecule has 1 aliphatic heterocycles. The lowest BCUT2D eigenvalue weighted by Crippen LogP contribution is -2.28. The second-order valence-corrected chi connectivity index (χ2v) is 6.81. The summed E-state index contributed by atoms with van der Waals surface area (Å²) in [4.78, 5) is 4.23. The third-order valence-electron chi connectivity index (χ3n) is 2.83. The van der Waals surface area contributed by atoms with Gasteiger partial charge >= 0.3 is 0 Å². The summed E-state index contributed by atoms with van der Waals surface area (Å²) in [5.74, 6) is 4.40. The van der Waals surface area contributed by atoms with Crippen molar-refractivity contribution >= 4 is 23.5 Å². The zero-order chi connectivity index (χ0) is 12.8. The molecule has 2 rings (SSSR count). The highest BCUT2D eigenvalue weighted by Gasteiger charge is 2.23. The molecule has 1 fully saturated rings. The van der Waals surface area contributed by atoms with Crippen LogP contribution in [0.2, 0.25) is 0 Å². The summed E-state index contributed by atoms with van der Waals surface area (Å²) in [6, 6.07) is 2.09. The van der Waals surface area contributed by atoms with Gasteiger partial charge in [-0.25, -0.2) is 0 Å². The SMILES string of the molecule is CCCOc1cncc(C(N)C2CSCCS2)c1. The first-order valence-electron chi connectivity index (χ1n) is 6.34. The molecule has 0 aliphatic carbocycles. The molecule has 0 aromatic carbocycles. The van der Waals surface area contributed by atoms with Crippen molar-refractivity contribution in [1.82, 2.24) is 4.98 Å². The molecule has 1 aromatic rings. The molecule has 0 radical (unpaired) electrons. The van der Waals surface area contributed by atoms with E-state index in [9.17, 15) is 0 Å². The van der Waals surface area contributed by atoms with Gasteiger partial charge < -0.3 is 10.5 Å². The number of hydrogen-bond acceptors (Lipinski definition) is 5. The molecular weight excluding hydrogens is 264 g/mol. The minimum absolute atomic E-state index is 0.0560. The maximum Gasteiger partial charge on any atom is 0.137 e. The fourth-order valence-corrected chi connectivity index (χ4v) is 4.65. The maximum atomic E-state index is 6.34. The van der Waals surface area contributed by atoms with Gasteiger partial charge in [0.05, 0.1) is 12.8 Å². The lowest BCUT2D eigenvalue weighted by atomic mass is 10.1. The number of hydrogen-bond donors (Lipinski definition) is 1. The van der Waals surface area contributed by atoms with Crippen molar-refractivity contribution in [3.8, 4) is 5.75 Å². The van der Waals surface area contributed by atoms with E-state index in [0.29, 0.717) is 5.25 Å². The standard InChI is InChI=1S/C13H20N2OS2/c1-2-3-16-11-6-10(7-15-8-11)13(14)12-9-17-4-5-18-12/h6-8,12-13H,2-5,9,14H2,1H3. The average Bonchev–Trinajstić information content (AvgIpc) is 2.45. The number of ether oxygens (including phenoxy) is 1. The molecule has 0 amide bonds. The number of pyridine rings is 1. The van der Waals surface area contributed by atoms with Gasteiger partial charge in [0.25, 0.3) is 0 Å². The van der Waals surface area contributed by atoms with Crippen molar-refractivity contribution in [2.45, 2.75) is 24.6 Å². The number of rotatable bonds is 5. The van der Waals surface area contributed by atoms with Crippen LogP contribution in [0.15, 0.2) is 18.5 Å². The van der Waals surface area contributed by atoms with Crippen LogP contribution in [-0.2, 0) is 0 Å². The maximum absolute atomic E-state index is 6.34. The third kappa shape index (κ3) is 3.80. The van der Waals surface area contributed by atoms with Crippen LogP contribution in [0.25, 0.3) is 0 Å². The van der Waals surface area contributed by atoms with E-state index in [1.807, 2.05) is 35.8 Å². The topological polar surface area (TPSA) is 48.1 Å². The Hall–Kier alpha value is -0.390. The molecule has 3 nitrogen and oxygen atoms in total. The van der Waals surface area contributed by atoms with Crippen LogP contribution in [0.5, 0.6) is 5.75 Å². The number of nitrogens with two attached hydrogens (primary N) is 1. The van der Waals surface area contributed by atoms with Crippen LogP contribution >= 0.6 is 23.5 Å². The van der Waals surface area contributed by atoms with Gasteiger partial charge in [-0.05, 0) is 18.1 Å². The Morgan fingerprint density at radius 1 is 1.50 bits per heavy atom. The summed E-state index contributed by atoms with van der Waals surface area (Å²) in [7, 11) is 0. The van der Waals surface area contributed by atoms with Crippen molar-refractivity contribution in [2.24, 2.45) is 5.73 Å². The molecule has 1 aromatic heterocycles. The lowest BCUT2D eigenvalue weighted by Gasteiger charge is -2.26. The van der Waals surface area contributed by atoms with E-state index < -0.39 is 0 Å². The molecule has 5 heteroatoms. The minimum atomic E-state index is 0.0560. The van der Waals surface area contributed by atoms with Gasteiger partial charge in [-0.1, -0.05) is 6.92 Å². The molecule has 2 N–H and O–H groups in total. The fourth-order valence-electron chi connectivity index (χ4n) is 1.84. The van der Waals surface area contributed by atoms with Crippen LogP contribution in [0, 0.1) is 0 Å². The summed E-state index contributed by atoms with van der Waals surface area (Å²) in [6.07, 6.45) is 4.63. The number of thioether (sulfide) groups is 2. The first-order chi connectivity index (χ1) is 8.81. The predicted octanol–water partition coefficient (Wildman–Crippen LogP) is 2.72. The monoisotopic (exact) mass is 284 g/mol. The van der Waals surface area contributed by atoms with E-state index in [2.05, 4.69) is 11.9 Å². The molecule has 1 aliphatic rings. The summed E-state index contributed by atoms with van der Waals surface area (Å²) < 4.78 is 5.60. The van der Waals surface area contributed by atoms with Crippen LogP contribution in [0.4, 0.5) is 0 Å². The van der Waals surface area contributed by atoms with Gasteiger partial charge in [0, 0.05) is 34.7 Å². The van der Waals surface area contributed by atoms with Crippen LogP contribution in [0.1, 0.15) is 24.9 Å². The molecule has 100 valence electrons. The van der Waals surface area contributed by atoms with E-state index in [-0.39, 0.29) is 6.04 Å². The molecule has 1 saturated heterocycles. The fraction of sp³-hybridized carbons (Fsp3) is 0.615. The van der Waals surface area contributed by atoms with Crippen LogP contribution < -0.4 is 10.5 Å². The van der Waals surface area contributed by atoms with Crippen molar-refractivity contribution in [1.29, 1.82) is 0 Å². The van der Waals surface area contributed by atoms with E-state index in [1.165, 1.54) is 11.5 Å². The Balaban J connectivity index is 2.02. The third-order valence-corrected chi connectivity index (χ3v) is 5.72. The normalized spacial score (nSPS) is 21.6. The van der Waals surface area contributed by atoms with Gasteiger partial charge in [-0.15, -0.1) is 0 Å². The van der Waals surface area contributed by atoms with Crippen LogP contribution in [0.3, 0.4) is 0 Å². The van der Waals surface area contributed by atoms with Gasteiger partial charge in [-0.3, -0.25) is 4.98 Å². The van der Waals surface area contributed by atoms with E-state index in [1.54, 1.807) is 6.20 Å². The molecule has 0 bridgehead atoms. The number of nitrogens with zero attached hydrogens (tertiary/aromatic N) is 1. The molecule has 18 heavy (non-hydrogen) atoms. The van der Waals surface area contributed by atoms with Gasteiger partial charge in [0.15, 0.2) is 0 Å². The van der Waals surface area contributed by atoms with E-state index in [4.69, 9.17) is 10.5 Å². The van der Waals surface area contributed by atoms with Crippen molar-refractivity contribution in [2.75, 3.05) is 23.9 Å². The smallest absolute Gasteiger partial charge is 0.137 e. The molecule has 2 unspecified atom stereocenters. The highest BCUT2D eigenvalue weighted by Crippen LogP contribution is 2.32. The summed E-state index contributed by atoms with van der Waals surface area (Å²) >= 11 is 3.97. The average molecular weight is 284 g/mol. The molecule has 0 spiro atoms. The molecule has 0 saturated carbocycles. The summed E-state index contributed by atoms with van der Waals surface area (Å²) in [5.41, 5.74) is 7.42. The Morgan fingerprint density at radius 3 is 3.11 bits per heavy atom. The molecular formula is C13H20N2OS2. The first kappa shape index (κ1) is 14.0. The van der Waals surface area contributed by atoms with Gasteiger partial charge in [0.2, 0.25) is 0 Å². The second-order valence-electron chi connectivity index (χ2n) is 4.31. The first-order valence-corrected chi connectivity index (χ1v) is 8.54. The van der Waals surface area contributed by atoms with Crippen molar-refractivity contribution < 1.29 is 4.74 Å². The Morgan fingerprint density at radius 2 is 2.39 bits per heavy atom. The van der Waals surface area contributed by atoms with Gasteiger partial charge in [-0.2, -0.15) is 23.5 Å². The summed E-state index contributed by atoms with van der Waals surface area (Å²) in [6.45, 7) is 2.83. The Kier molecular flexibility index (Phi) is 5.66.